The van der Waals surface area contributed by atoms with Crippen LogP contribution in [0.15, 0.2) is 40.6 Å². The number of anilines is 1. The lowest BCUT2D eigenvalue weighted by molar-refractivity contribution is -0.116. The number of amides is 1. The van der Waals surface area contributed by atoms with E-state index in [1.165, 1.54) is 23.5 Å². The molecule has 0 spiro atoms. The minimum atomic E-state index is -3.63. The monoisotopic (exact) mass is 423 g/mol. The number of halogens is 2. The number of nitrogens with two attached hydrogens (primary N) is 1. The summed E-state index contributed by atoms with van der Waals surface area (Å²) in [6.45, 7) is 0.366. The van der Waals surface area contributed by atoms with Gasteiger partial charge < -0.3 is 11.1 Å². The fourth-order valence-electron chi connectivity index (χ4n) is 1.96. The topological polar surface area (TPSA) is 101 Å². The quantitative estimate of drug-likeness (QED) is 0.606. The molecule has 0 aliphatic rings. The number of thiophene rings is 1. The predicted octanol–water partition coefficient (Wildman–Crippen LogP) is 2.63. The molecule has 0 unspecified atom stereocenters. The number of rotatable bonds is 8. The summed E-state index contributed by atoms with van der Waals surface area (Å²) in [7, 11) is -3.63. The number of hydrogen-bond acceptors (Lipinski definition) is 5. The zero-order chi connectivity index (χ0) is 17.6. The minimum absolute atomic E-state index is 0. The molecule has 25 heavy (non-hydrogen) atoms. The molecule has 4 N–H and O–H groups in total. The summed E-state index contributed by atoms with van der Waals surface area (Å²) in [6, 6.07) is 7.92. The van der Waals surface area contributed by atoms with Gasteiger partial charge in [-0.15, -0.1) is 23.7 Å². The Labute approximate surface area is 162 Å². The average Bonchev–Trinajstić information content (AvgIpc) is 2.97. The number of carbonyl (C=O) groups excluding carboxylic acids is 1. The molecule has 1 aromatic heterocycles. The first-order valence-electron chi connectivity index (χ1n) is 7.23. The van der Waals surface area contributed by atoms with Gasteiger partial charge in [0.25, 0.3) is 0 Å². The average molecular weight is 424 g/mol. The maximum absolute atomic E-state index is 12.1. The Hall–Kier alpha value is -1.16. The van der Waals surface area contributed by atoms with Crippen molar-refractivity contribution in [3.05, 3.63) is 45.6 Å². The molecule has 2 aromatic rings. The van der Waals surface area contributed by atoms with E-state index in [0.717, 1.165) is 4.88 Å². The van der Waals surface area contributed by atoms with Gasteiger partial charge in [0.05, 0.1) is 9.92 Å². The highest BCUT2D eigenvalue weighted by molar-refractivity contribution is 7.89. The normalized spacial score (nSPS) is 11.0. The van der Waals surface area contributed by atoms with E-state index in [1.807, 2.05) is 11.4 Å². The van der Waals surface area contributed by atoms with Gasteiger partial charge in [0.15, 0.2) is 0 Å². The second-order valence-corrected chi connectivity index (χ2v) is 8.19. The Morgan fingerprint density at radius 3 is 2.68 bits per heavy atom. The first kappa shape index (κ1) is 21.9. The van der Waals surface area contributed by atoms with E-state index >= 15 is 0 Å². The molecule has 2 rings (SSSR count). The van der Waals surface area contributed by atoms with E-state index in [4.69, 9.17) is 17.3 Å². The van der Waals surface area contributed by atoms with Crippen molar-refractivity contribution >= 4 is 57.0 Å². The zero-order valence-corrected chi connectivity index (χ0v) is 16.4. The first-order chi connectivity index (χ1) is 11.4. The molecule has 1 heterocycles. The third-order valence-electron chi connectivity index (χ3n) is 3.08. The van der Waals surface area contributed by atoms with Crippen molar-refractivity contribution in [2.75, 3.05) is 18.4 Å². The number of carbonyl (C=O) groups is 1. The van der Waals surface area contributed by atoms with Crippen molar-refractivity contribution in [3.63, 3.8) is 0 Å². The molecule has 0 saturated heterocycles. The Morgan fingerprint density at radius 2 is 2.04 bits per heavy atom. The SMILES string of the molecule is Cl.NCCNS(=O)(=O)c1cccc(NC(=O)CCc2cc(Cl)cs2)c1. The van der Waals surface area contributed by atoms with E-state index < -0.39 is 10.0 Å². The molecule has 0 radical (unpaired) electrons. The van der Waals surface area contributed by atoms with Gasteiger partial charge in [-0.25, -0.2) is 13.1 Å². The minimum Gasteiger partial charge on any atom is -0.329 e. The zero-order valence-electron chi connectivity index (χ0n) is 13.2. The van der Waals surface area contributed by atoms with Crippen LogP contribution in [0.25, 0.3) is 0 Å². The number of sulfonamides is 1. The van der Waals surface area contributed by atoms with Crippen molar-refractivity contribution in [1.29, 1.82) is 0 Å². The second kappa shape index (κ2) is 10.1. The molecule has 0 aliphatic carbocycles. The first-order valence-corrected chi connectivity index (χ1v) is 9.97. The molecule has 0 atom stereocenters. The summed E-state index contributed by atoms with van der Waals surface area (Å²) >= 11 is 7.34. The molecule has 0 fully saturated rings. The number of hydrogen-bond donors (Lipinski definition) is 3. The van der Waals surface area contributed by atoms with Gasteiger partial charge >= 0.3 is 0 Å². The van der Waals surface area contributed by atoms with Crippen molar-refractivity contribution in [1.82, 2.24) is 4.72 Å². The third-order valence-corrected chi connectivity index (χ3v) is 5.89. The Balaban J connectivity index is 0.00000312. The maximum Gasteiger partial charge on any atom is 0.240 e. The van der Waals surface area contributed by atoms with Crippen molar-refractivity contribution in [2.24, 2.45) is 5.73 Å². The summed E-state index contributed by atoms with van der Waals surface area (Å²) in [5.41, 5.74) is 5.73. The summed E-state index contributed by atoms with van der Waals surface area (Å²) in [6.07, 6.45) is 0.874. The van der Waals surface area contributed by atoms with E-state index in [9.17, 15) is 13.2 Å². The Kier molecular flexibility index (Phi) is 8.84. The van der Waals surface area contributed by atoms with Crippen LogP contribution in [-0.4, -0.2) is 27.4 Å². The fourth-order valence-corrected chi connectivity index (χ4v) is 4.13. The van der Waals surface area contributed by atoms with Crippen LogP contribution in [0.1, 0.15) is 11.3 Å². The molecule has 138 valence electrons. The Bertz CT molecular complexity index is 810. The van der Waals surface area contributed by atoms with Crippen LogP contribution in [0.3, 0.4) is 0 Å². The van der Waals surface area contributed by atoms with Crippen LogP contribution >= 0.6 is 35.3 Å². The lowest BCUT2D eigenvalue weighted by Gasteiger charge is -2.09. The van der Waals surface area contributed by atoms with E-state index in [-0.39, 0.29) is 36.3 Å². The third kappa shape index (κ3) is 6.93. The van der Waals surface area contributed by atoms with Gasteiger partial charge in [-0.1, -0.05) is 17.7 Å². The maximum atomic E-state index is 12.1. The van der Waals surface area contributed by atoms with E-state index in [1.54, 1.807) is 12.1 Å². The molecular formula is C15H19Cl2N3O3S2. The van der Waals surface area contributed by atoms with Crippen LogP contribution in [0.4, 0.5) is 5.69 Å². The molecule has 0 aliphatic heterocycles. The van der Waals surface area contributed by atoms with Gasteiger partial charge in [-0.3, -0.25) is 4.79 Å². The van der Waals surface area contributed by atoms with E-state index in [0.29, 0.717) is 23.6 Å². The molecule has 10 heteroatoms. The van der Waals surface area contributed by atoms with Gasteiger partial charge in [0.1, 0.15) is 0 Å². The van der Waals surface area contributed by atoms with Crippen molar-refractivity contribution in [2.45, 2.75) is 17.7 Å². The van der Waals surface area contributed by atoms with E-state index in [2.05, 4.69) is 10.0 Å². The highest BCUT2D eigenvalue weighted by atomic mass is 35.5. The van der Waals surface area contributed by atoms with Gasteiger partial charge in [0, 0.05) is 35.5 Å². The van der Waals surface area contributed by atoms with Gasteiger partial charge in [0.2, 0.25) is 15.9 Å². The molecule has 1 aromatic carbocycles. The predicted molar refractivity (Wildman–Crippen MR) is 104 cm³/mol. The summed E-state index contributed by atoms with van der Waals surface area (Å²) < 4.78 is 26.5. The van der Waals surface area contributed by atoms with Crippen LogP contribution in [-0.2, 0) is 21.2 Å². The molecule has 1 amide bonds. The largest absolute Gasteiger partial charge is 0.329 e. The summed E-state index contributed by atoms with van der Waals surface area (Å²) in [5, 5.41) is 5.19. The standard InChI is InChI=1S/C15H18ClN3O3S2.ClH/c16-11-8-13(23-10-11)4-5-15(20)19-12-2-1-3-14(9-12)24(21,22)18-7-6-17;/h1-3,8-10,18H,4-7,17H2,(H,19,20);1H. The van der Waals surface area contributed by atoms with Crippen LogP contribution in [0, 0.1) is 0 Å². The van der Waals surface area contributed by atoms with Crippen LogP contribution in [0.5, 0.6) is 0 Å². The van der Waals surface area contributed by atoms with Gasteiger partial charge in [-0.05, 0) is 30.7 Å². The molecule has 6 nitrogen and oxygen atoms in total. The van der Waals surface area contributed by atoms with Gasteiger partial charge in [-0.2, -0.15) is 0 Å². The molecule has 0 bridgehead atoms. The number of nitrogens with one attached hydrogen (secondary N) is 2. The molecular weight excluding hydrogens is 405 g/mol. The van der Waals surface area contributed by atoms with Crippen molar-refractivity contribution in [3.8, 4) is 0 Å². The van der Waals surface area contributed by atoms with Crippen LogP contribution in [0.2, 0.25) is 5.02 Å². The highest BCUT2D eigenvalue weighted by Gasteiger charge is 2.14. The summed E-state index contributed by atoms with van der Waals surface area (Å²) in [5.74, 6) is -0.191. The molecule has 0 saturated carbocycles. The lowest BCUT2D eigenvalue weighted by Crippen LogP contribution is -2.29. The van der Waals surface area contributed by atoms with Crippen molar-refractivity contribution < 1.29 is 13.2 Å². The second-order valence-electron chi connectivity index (χ2n) is 4.99. The Morgan fingerprint density at radius 1 is 1.28 bits per heavy atom. The summed E-state index contributed by atoms with van der Waals surface area (Å²) in [4.78, 5) is 13.1. The van der Waals surface area contributed by atoms with Crippen LogP contribution < -0.4 is 15.8 Å². The lowest BCUT2D eigenvalue weighted by atomic mass is 10.2. The fraction of sp³-hybridized carbons (Fsp3) is 0.267. The smallest absolute Gasteiger partial charge is 0.240 e. The number of aryl methyl sites for hydroxylation is 1. The highest BCUT2D eigenvalue weighted by Crippen LogP contribution is 2.21. The number of benzene rings is 1.